The molecule has 3 heteroatoms. The zero-order valence-electron chi connectivity index (χ0n) is 11.0. The molecule has 0 bridgehead atoms. The molecule has 1 N–H and O–H groups in total. The number of ether oxygens (including phenoxy) is 1. The molecular weight excluding hydrogens is 246 g/mol. The van der Waals surface area contributed by atoms with Gasteiger partial charge in [0, 0.05) is 5.02 Å². The summed E-state index contributed by atoms with van der Waals surface area (Å²) < 4.78 is 5.34. The minimum atomic E-state index is 0.779. The van der Waals surface area contributed by atoms with Crippen molar-refractivity contribution in [3.8, 4) is 5.75 Å². The van der Waals surface area contributed by atoms with E-state index in [1.54, 1.807) is 7.11 Å². The monoisotopic (exact) mass is 267 g/mol. The third kappa shape index (κ3) is 3.89. The molecule has 0 amide bonds. The normalized spacial score (nSPS) is 16.1. The summed E-state index contributed by atoms with van der Waals surface area (Å²) in [6.07, 6.45) is 6.58. The van der Waals surface area contributed by atoms with E-state index in [1.807, 2.05) is 18.2 Å². The number of hydrogen-bond donors (Lipinski definition) is 1. The van der Waals surface area contributed by atoms with Crippen LogP contribution >= 0.6 is 11.6 Å². The van der Waals surface area contributed by atoms with Crippen LogP contribution in [0.3, 0.4) is 0 Å². The summed E-state index contributed by atoms with van der Waals surface area (Å²) in [5.74, 6) is 1.83. The Balaban J connectivity index is 1.76. The molecule has 18 heavy (non-hydrogen) atoms. The first kappa shape index (κ1) is 13.7. The van der Waals surface area contributed by atoms with Gasteiger partial charge in [-0.15, -0.1) is 0 Å². The lowest BCUT2D eigenvalue weighted by Gasteiger charge is -2.12. The van der Waals surface area contributed by atoms with Crippen LogP contribution in [0.15, 0.2) is 18.2 Å². The molecule has 1 aromatic rings. The van der Waals surface area contributed by atoms with Crippen LogP contribution in [0.2, 0.25) is 5.02 Å². The Morgan fingerprint density at radius 1 is 1.33 bits per heavy atom. The van der Waals surface area contributed by atoms with Gasteiger partial charge in [0.25, 0.3) is 0 Å². The first-order valence-corrected chi connectivity index (χ1v) is 7.20. The largest absolute Gasteiger partial charge is 0.496 e. The topological polar surface area (TPSA) is 21.3 Å². The molecule has 0 radical (unpaired) electrons. The Morgan fingerprint density at radius 2 is 2.11 bits per heavy atom. The molecule has 2 rings (SSSR count). The van der Waals surface area contributed by atoms with Crippen molar-refractivity contribution < 1.29 is 4.74 Å². The van der Waals surface area contributed by atoms with Crippen LogP contribution in [0.1, 0.15) is 31.2 Å². The Morgan fingerprint density at radius 3 is 2.83 bits per heavy atom. The van der Waals surface area contributed by atoms with Gasteiger partial charge in [-0.05, 0) is 62.0 Å². The van der Waals surface area contributed by atoms with E-state index in [2.05, 4.69) is 5.32 Å². The second-order valence-electron chi connectivity index (χ2n) is 5.06. The van der Waals surface area contributed by atoms with E-state index < -0.39 is 0 Å². The maximum atomic E-state index is 6.01. The van der Waals surface area contributed by atoms with Crippen molar-refractivity contribution in [2.24, 2.45) is 5.92 Å². The molecule has 1 aromatic carbocycles. The number of benzene rings is 1. The zero-order valence-corrected chi connectivity index (χ0v) is 11.8. The summed E-state index contributed by atoms with van der Waals surface area (Å²) >= 11 is 6.01. The Hall–Kier alpha value is -0.730. The third-order valence-electron chi connectivity index (χ3n) is 3.72. The fourth-order valence-electron chi connectivity index (χ4n) is 2.69. The fourth-order valence-corrected chi connectivity index (χ4v) is 2.88. The molecule has 0 aliphatic heterocycles. The number of methoxy groups -OCH3 is 1. The molecule has 1 aliphatic carbocycles. The summed E-state index contributed by atoms with van der Waals surface area (Å²) in [4.78, 5) is 0. The van der Waals surface area contributed by atoms with Crippen LogP contribution in [0, 0.1) is 5.92 Å². The number of rotatable bonds is 6. The summed E-state index contributed by atoms with van der Waals surface area (Å²) in [5.41, 5.74) is 1.18. The van der Waals surface area contributed by atoms with Crippen molar-refractivity contribution in [1.29, 1.82) is 0 Å². The molecule has 0 unspecified atom stereocenters. The standard InChI is InChI=1S/C15H22ClNO/c1-18-15-7-6-14(16)10-13(15)8-9-17-11-12-4-2-3-5-12/h6-7,10,12,17H,2-5,8-9,11H2,1H3. The van der Waals surface area contributed by atoms with Crippen molar-refractivity contribution in [2.45, 2.75) is 32.1 Å². The Kier molecular flexibility index (Phi) is 5.33. The van der Waals surface area contributed by atoms with Crippen molar-refractivity contribution >= 4 is 11.6 Å². The lowest BCUT2D eigenvalue weighted by Crippen LogP contribution is -2.23. The first-order chi connectivity index (χ1) is 8.79. The lowest BCUT2D eigenvalue weighted by atomic mass is 10.1. The van der Waals surface area contributed by atoms with Crippen LogP contribution in [-0.4, -0.2) is 20.2 Å². The average Bonchev–Trinajstić information content (AvgIpc) is 2.88. The Bertz CT molecular complexity index is 375. The van der Waals surface area contributed by atoms with E-state index in [0.29, 0.717) is 0 Å². The van der Waals surface area contributed by atoms with Gasteiger partial charge >= 0.3 is 0 Å². The molecule has 0 spiro atoms. The van der Waals surface area contributed by atoms with E-state index in [-0.39, 0.29) is 0 Å². The predicted octanol–water partition coefficient (Wildman–Crippen LogP) is 3.67. The van der Waals surface area contributed by atoms with E-state index in [9.17, 15) is 0 Å². The SMILES string of the molecule is COc1ccc(Cl)cc1CCNCC1CCCC1. The average molecular weight is 268 g/mol. The van der Waals surface area contributed by atoms with Gasteiger partial charge in [0.05, 0.1) is 7.11 Å². The second-order valence-corrected chi connectivity index (χ2v) is 5.50. The van der Waals surface area contributed by atoms with Gasteiger partial charge in [0.2, 0.25) is 0 Å². The van der Waals surface area contributed by atoms with Gasteiger partial charge in [-0.3, -0.25) is 0 Å². The Labute approximate surface area is 115 Å². The highest BCUT2D eigenvalue weighted by atomic mass is 35.5. The number of halogens is 1. The summed E-state index contributed by atoms with van der Waals surface area (Å²) in [6.45, 7) is 2.15. The second kappa shape index (κ2) is 7.01. The maximum Gasteiger partial charge on any atom is 0.122 e. The highest BCUT2D eigenvalue weighted by molar-refractivity contribution is 6.30. The lowest BCUT2D eigenvalue weighted by molar-refractivity contribution is 0.408. The van der Waals surface area contributed by atoms with Crippen LogP contribution < -0.4 is 10.1 Å². The molecule has 2 nitrogen and oxygen atoms in total. The predicted molar refractivity (Wildman–Crippen MR) is 76.5 cm³/mol. The highest BCUT2D eigenvalue weighted by Crippen LogP contribution is 2.24. The van der Waals surface area contributed by atoms with E-state index in [1.165, 1.54) is 31.2 Å². The van der Waals surface area contributed by atoms with Gasteiger partial charge in [0.1, 0.15) is 5.75 Å². The molecule has 0 saturated heterocycles. The van der Waals surface area contributed by atoms with Crippen molar-refractivity contribution in [3.63, 3.8) is 0 Å². The summed E-state index contributed by atoms with van der Waals surface area (Å²) in [5, 5.41) is 4.33. The van der Waals surface area contributed by atoms with Crippen LogP contribution in [-0.2, 0) is 6.42 Å². The summed E-state index contributed by atoms with van der Waals surface area (Å²) in [7, 11) is 1.71. The maximum absolute atomic E-state index is 6.01. The first-order valence-electron chi connectivity index (χ1n) is 6.82. The van der Waals surface area contributed by atoms with Crippen molar-refractivity contribution in [2.75, 3.05) is 20.2 Å². The van der Waals surface area contributed by atoms with Gasteiger partial charge in [0.15, 0.2) is 0 Å². The molecule has 1 fully saturated rings. The molecule has 0 aromatic heterocycles. The van der Waals surface area contributed by atoms with Gasteiger partial charge in [-0.25, -0.2) is 0 Å². The van der Waals surface area contributed by atoms with Gasteiger partial charge < -0.3 is 10.1 Å². The molecule has 0 atom stereocenters. The van der Waals surface area contributed by atoms with Crippen LogP contribution in [0.25, 0.3) is 0 Å². The van der Waals surface area contributed by atoms with Crippen LogP contribution in [0.4, 0.5) is 0 Å². The van der Waals surface area contributed by atoms with E-state index in [4.69, 9.17) is 16.3 Å². The number of nitrogens with one attached hydrogen (secondary N) is 1. The van der Waals surface area contributed by atoms with Crippen LogP contribution in [0.5, 0.6) is 5.75 Å². The van der Waals surface area contributed by atoms with E-state index >= 15 is 0 Å². The molecule has 100 valence electrons. The highest BCUT2D eigenvalue weighted by Gasteiger charge is 2.14. The molecule has 0 heterocycles. The minimum absolute atomic E-state index is 0.779. The zero-order chi connectivity index (χ0) is 12.8. The molecular formula is C15H22ClNO. The quantitative estimate of drug-likeness (QED) is 0.794. The summed E-state index contributed by atoms with van der Waals surface area (Å²) in [6, 6.07) is 5.81. The molecule has 1 aliphatic rings. The van der Waals surface area contributed by atoms with Gasteiger partial charge in [-0.1, -0.05) is 24.4 Å². The van der Waals surface area contributed by atoms with Gasteiger partial charge in [-0.2, -0.15) is 0 Å². The van der Waals surface area contributed by atoms with Crippen molar-refractivity contribution in [3.05, 3.63) is 28.8 Å². The van der Waals surface area contributed by atoms with E-state index in [0.717, 1.165) is 36.2 Å². The smallest absolute Gasteiger partial charge is 0.122 e. The number of hydrogen-bond acceptors (Lipinski definition) is 2. The van der Waals surface area contributed by atoms with Crippen molar-refractivity contribution in [1.82, 2.24) is 5.32 Å². The minimum Gasteiger partial charge on any atom is -0.496 e. The fraction of sp³-hybridized carbons (Fsp3) is 0.600. The molecule has 1 saturated carbocycles. The third-order valence-corrected chi connectivity index (χ3v) is 3.96.